The summed E-state index contributed by atoms with van der Waals surface area (Å²) in [6, 6.07) is 18.1. The second-order valence-electron chi connectivity index (χ2n) is 8.52. The van der Waals surface area contributed by atoms with E-state index in [9.17, 15) is 9.59 Å². The summed E-state index contributed by atoms with van der Waals surface area (Å²) in [6.45, 7) is 9.24. The van der Waals surface area contributed by atoms with Crippen LogP contribution in [0, 0.1) is 11.8 Å². The predicted octanol–water partition coefficient (Wildman–Crippen LogP) is 6.65. The van der Waals surface area contributed by atoms with E-state index in [4.69, 9.17) is 17.2 Å². The molecule has 0 N–H and O–H groups in total. The van der Waals surface area contributed by atoms with Gasteiger partial charge in [-0.2, -0.15) is 0 Å². The van der Waals surface area contributed by atoms with Crippen LogP contribution < -0.4 is 0 Å². The molecular weight excluding hydrogens is 598 g/mol. The Kier molecular flexibility index (Phi) is 10.2. The molecule has 2 amide bonds. The normalized spacial score (nSPS) is 11.6. The van der Waals surface area contributed by atoms with E-state index in [1.165, 1.54) is 0 Å². The van der Waals surface area contributed by atoms with Gasteiger partial charge in [-0.25, -0.2) is 0 Å². The second kappa shape index (κ2) is 12.2. The van der Waals surface area contributed by atoms with Gasteiger partial charge < -0.3 is 0 Å². The average molecular weight is 630 g/mol. The molecule has 0 aliphatic heterocycles. The molecule has 168 valence electrons. The Hall–Kier alpha value is -1.17. The molecule has 0 saturated heterocycles. The average Bonchev–Trinajstić information content (AvgIpc) is 2.74. The van der Waals surface area contributed by atoms with Crippen LogP contribution in [0.25, 0.3) is 0 Å². The van der Waals surface area contributed by atoms with Crippen LogP contribution in [0.15, 0.2) is 60.7 Å². The van der Waals surface area contributed by atoms with Crippen LogP contribution in [0.1, 0.15) is 61.3 Å². The molecule has 4 nitrogen and oxygen atoms in total. The quantitative estimate of drug-likeness (QED) is 0.276. The van der Waals surface area contributed by atoms with Gasteiger partial charge in [-0.05, 0) is 0 Å². The van der Waals surface area contributed by atoms with Crippen LogP contribution in [0.3, 0.4) is 0 Å². The topological polar surface area (TPSA) is 40.6 Å². The molecule has 0 heterocycles. The number of benzene rings is 2. The Morgan fingerprint density at radius 3 is 1.32 bits per heavy atom. The number of hydrogen-bond acceptors (Lipinski definition) is 2. The molecular formula is C24H32Cl2HfN2O2. The molecule has 0 fully saturated rings. The zero-order valence-corrected chi connectivity index (χ0v) is 23.8. The van der Waals surface area contributed by atoms with Crippen molar-refractivity contribution in [3.05, 3.63) is 71.8 Å². The number of halogens is 2. The van der Waals surface area contributed by atoms with Crippen LogP contribution in [0.4, 0.5) is 0 Å². The summed E-state index contributed by atoms with van der Waals surface area (Å²) in [7, 11) is 14.2. The molecule has 0 radical (unpaired) electrons. The molecule has 0 aliphatic carbocycles. The van der Waals surface area contributed by atoms with Crippen molar-refractivity contribution in [1.82, 2.24) is 5.78 Å². The molecule has 0 aromatic heterocycles. The molecule has 0 unspecified atom stereocenters. The first-order valence-electron chi connectivity index (χ1n) is 10.8. The van der Waals surface area contributed by atoms with E-state index in [-0.39, 0.29) is 11.8 Å². The molecule has 0 aliphatic rings. The summed E-state index contributed by atoms with van der Waals surface area (Å²) >= 11 is -4.78. The number of carbonyl (C=O) groups is 2. The monoisotopic (exact) mass is 630 g/mol. The zero-order valence-electron chi connectivity index (χ0n) is 18.7. The van der Waals surface area contributed by atoms with Gasteiger partial charge in [0.2, 0.25) is 0 Å². The van der Waals surface area contributed by atoms with Gasteiger partial charge in [0.1, 0.15) is 0 Å². The van der Waals surface area contributed by atoms with E-state index in [2.05, 4.69) is 27.7 Å². The Morgan fingerprint density at radius 2 is 1.03 bits per heavy atom. The minimum atomic E-state index is -4.78. The summed E-state index contributed by atoms with van der Waals surface area (Å²) in [5.41, 5.74) is 1.07. The first kappa shape index (κ1) is 26.1. The number of amides is 2. The first-order chi connectivity index (χ1) is 14.6. The van der Waals surface area contributed by atoms with Gasteiger partial charge in [-0.1, -0.05) is 0 Å². The van der Waals surface area contributed by atoms with Gasteiger partial charge in [0, 0.05) is 0 Å². The van der Waals surface area contributed by atoms with E-state index in [1.54, 1.807) is 30.0 Å². The molecule has 2 rings (SSSR count). The van der Waals surface area contributed by atoms with Crippen LogP contribution in [-0.2, 0) is 18.2 Å². The van der Waals surface area contributed by atoms with Crippen molar-refractivity contribution in [2.45, 2.75) is 40.5 Å². The fraction of sp³-hybridized carbons (Fsp3) is 0.417. The molecule has 31 heavy (non-hydrogen) atoms. The SMILES string of the molecule is CC(C)CC[N](C(=O)c1ccccc1)[Hf]([Cl])([Cl])[N](CCC(C)C)C(=O)c1ccccc1. The van der Waals surface area contributed by atoms with Crippen LogP contribution in [-0.4, -0.2) is 30.7 Å². The zero-order chi connectivity index (χ0) is 23.0. The second-order valence-corrected chi connectivity index (χ2v) is 26.3. The third kappa shape index (κ3) is 7.44. The van der Waals surface area contributed by atoms with Crippen molar-refractivity contribution in [2.24, 2.45) is 11.8 Å². The Labute approximate surface area is 198 Å². The van der Waals surface area contributed by atoms with Crippen molar-refractivity contribution in [3.8, 4) is 0 Å². The van der Waals surface area contributed by atoms with Crippen LogP contribution in [0.5, 0.6) is 0 Å². The molecule has 0 bridgehead atoms. The van der Waals surface area contributed by atoms with Crippen molar-refractivity contribution in [2.75, 3.05) is 13.1 Å². The number of hydrogen-bond donors (Lipinski definition) is 0. The van der Waals surface area contributed by atoms with Crippen LogP contribution in [0.2, 0.25) is 0 Å². The van der Waals surface area contributed by atoms with E-state index >= 15 is 0 Å². The summed E-state index contributed by atoms with van der Waals surface area (Å²) in [5.74, 6) is 0.335. The van der Waals surface area contributed by atoms with Crippen molar-refractivity contribution in [3.63, 3.8) is 0 Å². The number of nitrogens with zero attached hydrogens (tertiary/aromatic N) is 2. The van der Waals surface area contributed by atoms with Gasteiger partial charge in [0.25, 0.3) is 0 Å². The van der Waals surface area contributed by atoms with Gasteiger partial charge in [-0.15, -0.1) is 0 Å². The summed E-state index contributed by atoms with van der Waals surface area (Å²) in [6.07, 6.45) is 1.52. The van der Waals surface area contributed by atoms with E-state index in [0.717, 1.165) is 12.8 Å². The minimum absolute atomic E-state index is 0.205. The van der Waals surface area contributed by atoms with Crippen LogP contribution >= 0.6 is 17.2 Å². The Balaban J connectivity index is 2.46. The molecule has 0 saturated carbocycles. The molecule has 0 atom stereocenters. The van der Waals surface area contributed by atoms with Gasteiger partial charge in [-0.3, -0.25) is 0 Å². The maximum absolute atomic E-state index is 13.5. The third-order valence-electron chi connectivity index (χ3n) is 5.04. The van der Waals surface area contributed by atoms with E-state index in [0.29, 0.717) is 36.1 Å². The number of carbonyl (C=O) groups excluding carboxylic acids is 2. The Bertz CT molecular complexity index is 776. The third-order valence-corrected chi connectivity index (χ3v) is 19.5. The van der Waals surface area contributed by atoms with Crippen molar-refractivity contribution in [1.29, 1.82) is 0 Å². The first-order valence-corrected chi connectivity index (χ1v) is 22.9. The molecule has 0 spiro atoms. The molecule has 7 heteroatoms. The van der Waals surface area contributed by atoms with Gasteiger partial charge in [0.15, 0.2) is 0 Å². The Morgan fingerprint density at radius 1 is 0.710 bits per heavy atom. The summed E-state index contributed by atoms with van der Waals surface area (Å²) in [5, 5.41) is 0. The standard InChI is InChI=1S/2C12H17NO.2ClH.Hf/c2*1-10(2)8-9-13-12(14)11-6-4-3-5-7-11;;;/h2*3-7,10H,8-9H2,1-2H3,(H,13,14);2*1H;/q;;;;+4/p-4. The van der Waals surface area contributed by atoms with Crippen molar-refractivity contribution < 1.29 is 27.8 Å². The summed E-state index contributed by atoms with van der Waals surface area (Å²) < 4.78 is 3.26. The molecule has 2 aromatic carbocycles. The maximum atomic E-state index is 13.5. The van der Waals surface area contributed by atoms with E-state index in [1.807, 2.05) is 36.4 Å². The predicted molar refractivity (Wildman–Crippen MR) is 126 cm³/mol. The van der Waals surface area contributed by atoms with E-state index < -0.39 is 18.2 Å². The van der Waals surface area contributed by atoms with Gasteiger partial charge >= 0.3 is 200 Å². The van der Waals surface area contributed by atoms with Crippen molar-refractivity contribution >= 4 is 29.0 Å². The fourth-order valence-corrected chi connectivity index (χ4v) is 15.0. The van der Waals surface area contributed by atoms with Gasteiger partial charge in [0.05, 0.1) is 0 Å². The molecule has 2 aromatic rings. The summed E-state index contributed by atoms with van der Waals surface area (Å²) in [4.78, 5) is 27.0. The fourth-order valence-electron chi connectivity index (χ4n) is 3.11. The number of rotatable bonds is 10.